The van der Waals surface area contributed by atoms with Gasteiger partial charge in [0.05, 0.1) is 11.1 Å². The van der Waals surface area contributed by atoms with Gasteiger partial charge in [-0.2, -0.15) is 0 Å². The highest BCUT2D eigenvalue weighted by Crippen LogP contribution is 2.65. The fourth-order valence-electron chi connectivity index (χ4n) is 11.5. The Bertz CT molecular complexity index is 3790. The van der Waals surface area contributed by atoms with Gasteiger partial charge in [-0.15, -0.1) is 11.3 Å². The summed E-state index contributed by atoms with van der Waals surface area (Å²) in [6.07, 6.45) is 0. The first-order valence-corrected chi connectivity index (χ1v) is 22.7. The molecule has 0 saturated carbocycles. The molecule has 2 aliphatic carbocycles. The summed E-state index contributed by atoms with van der Waals surface area (Å²) in [6.45, 7) is 0. The van der Waals surface area contributed by atoms with Crippen LogP contribution in [0.1, 0.15) is 22.3 Å². The highest BCUT2D eigenvalue weighted by molar-refractivity contribution is 7.25. The number of thiophene rings is 1. The topological polar surface area (TPSA) is 3.24 Å². The second-order valence-corrected chi connectivity index (χ2v) is 18.2. The molecule has 1 nitrogen and oxygen atoms in total. The van der Waals surface area contributed by atoms with E-state index in [9.17, 15) is 0 Å². The molecule has 11 aromatic carbocycles. The summed E-state index contributed by atoms with van der Waals surface area (Å²) in [5, 5.41) is 10.2. The van der Waals surface area contributed by atoms with E-state index in [1.807, 2.05) is 11.3 Å². The summed E-state index contributed by atoms with van der Waals surface area (Å²) < 4.78 is 2.64. The molecule has 1 heterocycles. The Morgan fingerprint density at radius 1 is 0.302 bits per heavy atom. The SMILES string of the molecule is c1cc(-c2ccc3sc4ccccc4c3c2)cc(N(c2ccc3c4ccccc4c4ccccc4c3c2)c2cccc3c2C2(c4ccccc4-c4ccccc42)c2ccccc2-3)c1. The monoisotopic (exact) mass is 815 g/mol. The van der Waals surface area contributed by atoms with Gasteiger partial charge in [0.2, 0.25) is 0 Å². The first-order valence-electron chi connectivity index (χ1n) is 21.8. The van der Waals surface area contributed by atoms with E-state index in [2.05, 4.69) is 229 Å². The lowest BCUT2D eigenvalue weighted by Crippen LogP contribution is -2.28. The molecular weight excluding hydrogens is 779 g/mol. The van der Waals surface area contributed by atoms with Gasteiger partial charge in [0, 0.05) is 37.1 Å². The third-order valence-electron chi connectivity index (χ3n) is 14.0. The average molecular weight is 816 g/mol. The van der Waals surface area contributed by atoms with Gasteiger partial charge in [0.1, 0.15) is 0 Å². The Balaban J connectivity index is 1.08. The van der Waals surface area contributed by atoms with Crippen molar-refractivity contribution in [1.29, 1.82) is 0 Å². The van der Waals surface area contributed by atoms with E-state index >= 15 is 0 Å². The third kappa shape index (κ3) is 4.76. The number of hydrogen-bond acceptors (Lipinski definition) is 2. The molecule has 0 atom stereocenters. The van der Waals surface area contributed by atoms with Gasteiger partial charge in [-0.1, -0.05) is 176 Å². The van der Waals surface area contributed by atoms with Crippen LogP contribution in [0.2, 0.25) is 0 Å². The number of benzene rings is 11. The Morgan fingerprint density at radius 3 is 1.48 bits per heavy atom. The molecule has 0 fully saturated rings. The van der Waals surface area contributed by atoms with Crippen LogP contribution in [0.4, 0.5) is 17.1 Å². The zero-order valence-electron chi connectivity index (χ0n) is 34.2. The predicted octanol–water partition coefficient (Wildman–Crippen LogP) is 17.0. The molecule has 0 unspecified atom stereocenters. The van der Waals surface area contributed by atoms with E-state index in [4.69, 9.17) is 0 Å². The molecule has 292 valence electrons. The molecule has 12 aromatic rings. The van der Waals surface area contributed by atoms with Crippen LogP contribution in [0, 0.1) is 0 Å². The number of anilines is 3. The van der Waals surface area contributed by atoms with Crippen LogP contribution in [0.25, 0.3) is 85.9 Å². The molecule has 63 heavy (non-hydrogen) atoms. The quantitative estimate of drug-likeness (QED) is 0.160. The Morgan fingerprint density at radius 2 is 0.794 bits per heavy atom. The summed E-state index contributed by atoms with van der Waals surface area (Å²) in [4.78, 5) is 2.56. The minimum Gasteiger partial charge on any atom is -0.310 e. The number of fused-ring (bicyclic) bond motifs is 19. The van der Waals surface area contributed by atoms with Crippen molar-refractivity contribution >= 4 is 80.9 Å². The summed E-state index contributed by atoms with van der Waals surface area (Å²) in [5.41, 5.74) is 15.8. The highest BCUT2D eigenvalue weighted by atomic mass is 32.1. The van der Waals surface area contributed by atoms with Crippen LogP contribution in [0.5, 0.6) is 0 Å². The number of nitrogens with zero attached hydrogens (tertiary/aromatic N) is 1. The fraction of sp³-hybridized carbons (Fsp3) is 0.0164. The van der Waals surface area contributed by atoms with Gasteiger partial charge in [-0.25, -0.2) is 0 Å². The summed E-state index contributed by atoms with van der Waals surface area (Å²) in [6, 6.07) is 84.3. The average Bonchev–Trinajstić information content (AvgIpc) is 3.98. The third-order valence-corrected chi connectivity index (χ3v) is 15.2. The van der Waals surface area contributed by atoms with Crippen LogP contribution in [0.15, 0.2) is 224 Å². The second kappa shape index (κ2) is 13.1. The molecule has 0 radical (unpaired) electrons. The van der Waals surface area contributed by atoms with Crippen molar-refractivity contribution in [1.82, 2.24) is 0 Å². The molecule has 2 aliphatic rings. The van der Waals surface area contributed by atoms with E-state index in [1.165, 1.54) is 114 Å². The molecule has 2 heteroatoms. The summed E-state index contributed by atoms with van der Waals surface area (Å²) >= 11 is 1.87. The maximum absolute atomic E-state index is 2.56. The van der Waals surface area contributed by atoms with Crippen molar-refractivity contribution in [2.24, 2.45) is 0 Å². The van der Waals surface area contributed by atoms with Gasteiger partial charge >= 0.3 is 0 Å². The second-order valence-electron chi connectivity index (χ2n) is 17.1. The fourth-order valence-corrected chi connectivity index (χ4v) is 12.6. The van der Waals surface area contributed by atoms with E-state index in [0.29, 0.717) is 0 Å². The van der Waals surface area contributed by atoms with Gasteiger partial charge in [-0.3, -0.25) is 0 Å². The van der Waals surface area contributed by atoms with Crippen LogP contribution < -0.4 is 4.90 Å². The van der Waals surface area contributed by atoms with Crippen molar-refractivity contribution in [3.63, 3.8) is 0 Å². The van der Waals surface area contributed by atoms with Crippen molar-refractivity contribution in [3.05, 3.63) is 247 Å². The summed E-state index contributed by atoms with van der Waals surface area (Å²) in [7, 11) is 0. The molecule has 0 N–H and O–H groups in total. The van der Waals surface area contributed by atoms with Gasteiger partial charge in [-0.05, 0) is 131 Å². The number of rotatable bonds is 4. The van der Waals surface area contributed by atoms with E-state index in [-0.39, 0.29) is 0 Å². The smallest absolute Gasteiger partial charge is 0.0746 e. The van der Waals surface area contributed by atoms with Crippen LogP contribution in [0.3, 0.4) is 0 Å². The maximum Gasteiger partial charge on any atom is 0.0746 e. The lowest BCUT2D eigenvalue weighted by Gasteiger charge is -2.36. The molecule has 1 spiro atoms. The zero-order chi connectivity index (χ0) is 41.2. The molecule has 14 rings (SSSR count). The van der Waals surface area contributed by atoms with Crippen molar-refractivity contribution in [3.8, 4) is 33.4 Å². The van der Waals surface area contributed by atoms with Crippen molar-refractivity contribution in [2.45, 2.75) is 5.41 Å². The van der Waals surface area contributed by atoms with Crippen LogP contribution in [-0.4, -0.2) is 0 Å². The normalized spacial score (nSPS) is 13.2. The van der Waals surface area contributed by atoms with Crippen molar-refractivity contribution in [2.75, 3.05) is 4.90 Å². The van der Waals surface area contributed by atoms with Gasteiger partial charge in [0.15, 0.2) is 0 Å². The Hall–Kier alpha value is -7.78. The minimum absolute atomic E-state index is 0.518. The van der Waals surface area contributed by atoms with E-state index < -0.39 is 5.41 Å². The number of hydrogen-bond donors (Lipinski definition) is 0. The van der Waals surface area contributed by atoms with Crippen LogP contribution >= 0.6 is 11.3 Å². The van der Waals surface area contributed by atoms with Gasteiger partial charge in [0.25, 0.3) is 0 Å². The largest absolute Gasteiger partial charge is 0.310 e. The molecular formula is C61H37NS. The first kappa shape index (κ1) is 34.9. The lowest BCUT2D eigenvalue weighted by atomic mass is 9.70. The first-order chi connectivity index (χ1) is 31.3. The van der Waals surface area contributed by atoms with Gasteiger partial charge < -0.3 is 4.90 Å². The van der Waals surface area contributed by atoms with Crippen LogP contribution in [-0.2, 0) is 5.41 Å². The minimum atomic E-state index is -0.518. The highest BCUT2D eigenvalue weighted by Gasteiger charge is 2.53. The standard InChI is InChI=1S/C61H37NS/c1-2-19-44-42(17-1)43-18-3-4-20-45(43)52-37-41(32-33-46(44)52)62(40-16-13-15-38(35-40)39-31-34-59-53(36-39)50-24-8-12-30-58(50)63-59)57-29-14-25-51-49-23-7-11-28-56(49)61(60(51)57)54-26-9-5-21-47(54)48-22-6-10-27-55(48)61/h1-37H. The molecule has 0 bridgehead atoms. The lowest BCUT2D eigenvalue weighted by molar-refractivity contribution is 0.793. The maximum atomic E-state index is 2.56. The predicted molar refractivity (Wildman–Crippen MR) is 268 cm³/mol. The molecule has 0 saturated heterocycles. The summed E-state index contributed by atoms with van der Waals surface area (Å²) in [5.74, 6) is 0. The Labute approximate surface area is 369 Å². The van der Waals surface area contributed by atoms with Crippen molar-refractivity contribution < 1.29 is 0 Å². The molecule has 1 aromatic heterocycles. The molecule has 0 aliphatic heterocycles. The van der Waals surface area contributed by atoms with E-state index in [0.717, 1.165) is 11.4 Å². The molecule has 0 amide bonds. The zero-order valence-corrected chi connectivity index (χ0v) is 35.0. The van der Waals surface area contributed by atoms with E-state index in [1.54, 1.807) is 0 Å². The Kier molecular flexibility index (Phi) is 7.26.